The second-order valence-corrected chi connectivity index (χ2v) is 6.44. The van der Waals surface area contributed by atoms with Gasteiger partial charge in [-0.3, -0.25) is 4.79 Å². The number of benzene rings is 1. The molecule has 1 fully saturated rings. The van der Waals surface area contributed by atoms with E-state index in [-0.39, 0.29) is 5.91 Å². The molecule has 0 atom stereocenters. The molecule has 5 heteroatoms. The molecule has 20 heavy (non-hydrogen) atoms. The lowest BCUT2D eigenvalue weighted by Gasteiger charge is -2.22. The second kappa shape index (κ2) is 5.74. The first-order chi connectivity index (χ1) is 9.66. The highest BCUT2D eigenvalue weighted by atomic mass is 79.9. The van der Waals surface area contributed by atoms with Crippen molar-refractivity contribution in [3.63, 3.8) is 0 Å². The third-order valence-electron chi connectivity index (χ3n) is 3.40. The van der Waals surface area contributed by atoms with Gasteiger partial charge in [0, 0.05) is 17.1 Å². The molecule has 1 amide bonds. The summed E-state index contributed by atoms with van der Waals surface area (Å²) >= 11 is 6.82. The SMILES string of the molecule is O=C(c1ccoc1Br)N(Cc1ccccc1Br)C1CC1. The zero-order valence-electron chi connectivity index (χ0n) is 10.7. The van der Waals surface area contributed by atoms with Crippen molar-refractivity contribution in [3.05, 3.63) is 56.9 Å². The fraction of sp³-hybridized carbons (Fsp3) is 0.267. The minimum atomic E-state index is 0.0175. The van der Waals surface area contributed by atoms with Gasteiger partial charge < -0.3 is 9.32 Å². The number of carbonyl (C=O) groups excluding carboxylic acids is 1. The number of nitrogens with zero attached hydrogens (tertiary/aromatic N) is 1. The highest BCUT2D eigenvalue weighted by Gasteiger charge is 2.34. The van der Waals surface area contributed by atoms with E-state index in [1.165, 1.54) is 6.26 Å². The summed E-state index contributed by atoms with van der Waals surface area (Å²) in [6, 6.07) is 10.1. The first kappa shape index (κ1) is 13.9. The molecular weight excluding hydrogens is 386 g/mol. The van der Waals surface area contributed by atoms with Crippen molar-refractivity contribution in [2.75, 3.05) is 0 Å². The molecule has 0 saturated heterocycles. The Morgan fingerprint density at radius 2 is 2.00 bits per heavy atom. The average Bonchev–Trinajstić information content (AvgIpc) is 3.19. The summed E-state index contributed by atoms with van der Waals surface area (Å²) in [4.78, 5) is 14.6. The lowest BCUT2D eigenvalue weighted by Crippen LogP contribution is -2.32. The van der Waals surface area contributed by atoms with Gasteiger partial charge in [0.2, 0.25) is 0 Å². The normalized spacial score (nSPS) is 14.3. The summed E-state index contributed by atoms with van der Waals surface area (Å²) in [6.45, 7) is 0.614. The van der Waals surface area contributed by atoms with Crippen LogP contribution >= 0.6 is 31.9 Å². The summed E-state index contributed by atoms with van der Waals surface area (Å²) < 4.78 is 6.70. The molecule has 1 saturated carbocycles. The zero-order valence-corrected chi connectivity index (χ0v) is 13.9. The Hall–Kier alpha value is -1.07. The van der Waals surface area contributed by atoms with Crippen LogP contribution in [0.15, 0.2) is 50.2 Å². The van der Waals surface area contributed by atoms with Crippen LogP contribution < -0.4 is 0 Å². The third-order valence-corrected chi connectivity index (χ3v) is 4.78. The molecule has 1 aliphatic rings. The molecule has 0 unspecified atom stereocenters. The van der Waals surface area contributed by atoms with Gasteiger partial charge in [0.1, 0.15) is 0 Å². The predicted molar refractivity (Wildman–Crippen MR) is 83.4 cm³/mol. The molecule has 1 aliphatic carbocycles. The van der Waals surface area contributed by atoms with Gasteiger partial charge in [-0.25, -0.2) is 0 Å². The van der Waals surface area contributed by atoms with Crippen LogP contribution in [-0.4, -0.2) is 16.8 Å². The minimum absolute atomic E-state index is 0.0175. The standard InChI is InChI=1S/C15H13Br2NO2/c16-13-4-2-1-3-10(13)9-18(11-5-6-11)15(19)12-7-8-20-14(12)17/h1-4,7-8,11H,5-6,9H2. The van der Waals surface area contributed by atoms with Gasteiger partial charge in [0.15, 0.2) is 4.67 Å². The number of carbonyl (C=O) groups is 1. The van der Waals surface area contributed by atoms with Gasteiger partial charge in [0.05, 0.1) is 11.8 Å². The molecule has 3 rings (SSSR count). The second-order valence-electron chi connectivity index (χ2n) is 4.86. The van der Waals surface area contributed by atoms with E-state index in [9.17, 15) is 4.79 Å². The monoisotopic (exact) mass is 397 g/mol. The number of rotatable bonds is 4. The van der Waals surface area contributed by atoms with Gasteiger partial charge in [-0.05, 0) is 46.5 Å². The number of hydrogen-bond acceptors (Lipinski definition) is 2. The first-order valence-corrected chi connectivity index (χ1v) is 8.03. The van der Waals surface area contributed by atoms with E-state index in [0.717, 1.165) is 22.9 Å². The fourth-order valence-corrected chi connectivity index (χ4v) is 2.98. The molecule has 3 nitrogen and oxygen atoms in total. The molecule has 0 N–H and O–H groups in total. The van der Waals surface area contributed by atoms with Crippen LogP contribution in [0.1, 0.15) is 28.8 Å². The van der Waals surface area contributed by atoms with E-state index < -0.39 is 0 Å². The number of halogens is 2. The van der Waals surface area contributed by atoms with Crippen LogP contribution in [-0.2, 0) is 6.54 Å². The first-order valence-electron chi connectivity index (χ1n) is 6.44. The molecule has 0 radical (unpaired) electrons. The Morgan fingerprint density at radius 1 is 1.25 bits per heavy atom. The quantitative estimate of drug-likeness (QED) is 0.753. The Kier molecular flexibility index (Phi) is 3.98. The van der Waals surface area contributed by atoms with Gasteiger partial charge in [0.25, 0.3) is 5.91 Å². The summed E-state index contributed by atoms with van der Waals surface area (Å²) in [6.07, 6.45) is 3.68. The fourth-order valence-electron chi connectivity index (χ4n) is 2.16. The van der Waals surface area contributed by atoms with Crippen molar-refractivity contribution in [1.29, 1.82) is 0 Å². The Morgan fingerprint density at radius 3 is 2.60 bits per heavy atom. The topological polar surface area (TPSA) is 33.5 Å². The van der Waals surface area contributed by atoms with Crippen molar-refractivity contribution < 1.29 is 9.21 Å². The molecule has 1 aromatic heterocycles. The van der Waals surface area contributed by atoms with E-state index in [0.29, 0.717) is 22.8 Å². The summed E-state index contributed by atoms with van der Waals surface area (Å²) in [5.74, 6) is 0.0175. The van der Waals surface area contributed by atoms with E-state index in [1.54, 1.807) is 6.07 Å². The number of amides is 1. The maximum absolute atomic E-state index is 12.6. The maximum Gasteiger partial charge on any atom is 0.258 e. The molecular formula is C15H13Br2NO2. The maximum atomic E-state index is 12.6. The van der Waals surface area contributed by atoms with Crippen molar-refractivity contribution in [2.45, 2.75) is 25.4 Å². The van der Waals surface area contributed by atoms with Crippen LogP contribution in [0.2, 0.25) is 0 Å². The van der Waals surface area contributed by atoms with Crippen LogP contribution in [0, 0.1) is 0 Å². The van der Waals surface area contributed by atoms with Gasteiger partial charge >= 0.3 is 0 Å². The summed E-state index contributed by atoms with van der Waals surface area (Å²) in [5, 5.41) is 0. The summed E-state index contributed by atoms with van der Waals surface area (Å²) in [5.41, 5.74) is 1.70. The smallest absolute Gasteiger partial charge is 0.258 e. The van der Waals surface area contributed by atoms with Crippen LogP contribution in [0.4, 0.5) is 0 Å². The van der Waals surface area contributed by atoms with Crippen molar-refractivity contribution >= 4 is 37.8 Å². The van der Waals surface area contributed by atoms with Crippen LogP contribution in [0.3, 0.4) is 0 Å². The van der Waals surface area contributed by atoms with Crippen LogP contribution in [0.25, 0.3) is 0 Å². The number of hydrogen-bond donors (Lipinski definition) is 0. The lowest BCUT2D eigenvalue weighted by molar-refractivity contribution is 0.0727. The van der Waals surface area contributed by atoms with Crippen molar-refractivity contribution in [2.24, 2.45) is 0 Å². The van der Waals surface area contributed by atoms with E-state index in [4.69, 9.17) is 4.42 Å². The Balaban J connectivity index is 1.85. The molecule has 2 aromatic rings. The van der Waals surface area contributed by atoms with E-state index in [1.807, 2.05) is 29.2 Å². The van der Waals surface area contributed by atoms with Gasteiger partial charge in [-0.2, -0.15) is 0 Å². The molecule has 1 heterocycles. The predicted octanol–water partition coefficient (Wildman–Crippen LogP) is 4.61. The molecule has 0 bridgehead atoms. The van der Waals surface area contributed by atoms with Crippen molar-refractivity contribution in [3.8, 4) is 0 Å². The van der Waals surface area contributed by atoms with E-state index in [2.05, 4.69) is 31.9 Å². The van der Waals surface area contributed by atoms with Crippen LogP contribution in [0.5, 0.6) is 0 Å². The van der Waals surface area contributed by atoms with Crippen molar-refractivity contribution in [1.82, 2.24) is 4.90 Å². The Labute approximate surface area is 134 Å². The largest absolute Gasteiger partial charge is 0.457 e. The highest BCUT2D eigenvalue weighted by molar-refractivity contribution is 9.10. The Bertz CT molecular complexity index is 634. The molecule has 0 spiro atoms. The molecule has 1 aromatic carbocycles. The summed E-state index contributed by atoms with van der Waals surface area (Å²) in [7, 11) is 0. The third kappa shape index (κ3) is 2.83. The van der Waals surface area contributed by atoms with E-state index >= 15 is 0 Å². The lowest BCUT2D eigenvalue weighted by atomic mass is 10.2. The van der Waals surface area contributed by atoms with Gasteiger partial charge in [-0.15, -0.1) is 0 Å². The minimum Gasteiger partial charge on any atom is -0.457 e. The zero-order chi connectivity index (χ0) is 14.1. The highest BCUT2D eigenvalue weighted by Crippen LogP contribution is 2.32. The van der Waals surface area contributed by atoms with Gasteiger partial charge in [-0.1, -0.05) is 34.1 Å². The molecule has 104 valence electrons. The molecule has 0 aliphatic heterocycles. The number of furan rings is 1. The average molecular weight is 399 g/mol.